The van der Waals surface area contributed by atoms with Crippen LogP contribution in [0.25, 0.3) is 0 Å². The van der Waals surface area contributed by atoms with E-state index in [1.54, 1.807) is 30.6 Å². The molecule has 1 aliphatic heterocycles. The van der Waals surface area contributed by atoms with Gasteiger partial charge in [-0.25, -0.2) is 8.42 Å². The van der Waals surface area contributed by atoms with Crippen molar-refractivity contribution >= 4 is 15.9 Å². The summed E-state index contributed by atoms with van der Waals surface area (Å²) in [5.74, 6) is 0.161. The largest absolute Gasteiger partial charge is 0.487 e. The Bertz CT molecular complexity index is 830. The summed E-state index contributed by atoms with van der Waals surface area (Å²) < 4.78 is 32.8. The lowest BCUT2D eigenvalue weighted by molar-refractivity contribution is -0.123. The van der Waals surface area contributed by atoms with Crippen molar-refractivity contribution in [3.05, 3.63) is 49.1 Å². The molecule has 2 atom stereocenters. The van der Waals surface area contributed by atoms with E-state index >= 15 is 0 Å². The summed E-state index contributed by atoms with van der Waals surface area (Å²) in [5, 5.41) is 2.52. The van der Waals surface area contributed by atoms with E-state index in [0.29, 0.717) is 5.75 Å². The molecule has 0 radical (unpaired) electrons. The smallest absolute Gasteiger partial charge is 0.245 e. The van der Waals surface area contributed by atoms with Gasteiger partial charge in [0.05, 0.1) is 12.7 Å². The SMILES string of the molecule is CNC(=O)[C@@H]1C[C@H](Oc2cccnc2)CN1S(=O)(=O)c1cccnc1. The number of carbonyl (C=O) groups is 1. The van der Waals surface area contributed by atoms with Crippen LogP contribution in [0.15, 0.2) is 53.9 Å². The highest BCUT2D eigenvalue weighted by atomic mass is 32.2. The molecule has 2 aromatic heterocycles. The third-order valence-electron chi connectivity index (χ3n) is 3.94. The number of ether oxygens (including phenoxy) is 1. The zero-order valence-corrected chi connectivity index (χ0v) is 14.4. The minimum absolute atomic E-state index is 0.0472. The van der Waals surface area contributed by atoms with E-state index in [2.05, 4.69) is 15.3 Å². The summed E-state index contributed by atoms with van der Waals surface area (Å²) >= 11 is 0. The van der Waals surface area contributed by atoms with Gasteiger partial charge in [0, 0.05) is 32.1 Å². The molecule has 0 aliphatic carbocycles. The quantitative estimate of drug-likeness (QED) is 0.828. The molecule has 1 fully saturated rings. The Morgan fingerprint density at radius 3 is 2.56 bits per heavy atom. The van der Waals surface area contributed by atoms with Gasteiger partial charge < -0.3 is 10.1 Å². The summed E-state index contributed by atoms with van der Waals surface area (Å²) in [6, 6.07) is 5.63. The lowest BCUT2D eigenvalue weighted by Crippen LogP contribution is -2.44. The molecule has 0 bridgehead atoms. The van der Waals surface area contributed by atoms with Crippen molar-refractivity contribution in [2.45, 2.75) is 23.5 Å². The number of nitrogens with zero attached hydrogens (tertiary/aromatic N) is 3. The molecule has 132 valence electrons. The van der Waals surface area contributed by atoms with Crippen molar-refractivity contribution in [2.24, 2.45) is 0 Å². The number of pyridine rings is 2. The van der Waals surface area contributed by atoms with Crippen LogP contribution >= 0.6 is 0 Å². The van der Waals surface area contributed by atoms with Gasteiger partial charge in [0.25, 0.3) is 0 Å². The third kappa shape index (κ3) is 3.62. The molecule has 1 N–H and O–H groups in total. The molecule has 1 saturated heterocycles. The molecule has 25 heavy (non-hydrogen) atoms. The zero-order chi connectivity index (χ0) is 17.9. The number of amides is 1. The van der Waals surface area contributed by atoms with Crippen LogP contribution in [0.3, 0.4) is 0 Å². The molecule has 3 heterocycles. The van der Waals surface area contributed by atoms with Gasteiger partial charge in [-0.3, -0.25) is 14.8 Å². The van der Waals surface area contributed by atoms with Crippen LogP contribution < -0.4 is 10.1 Å². The normalized spacial score (nSPS) is 21.0. The summed E-state index contributed by atoms with van der Waals surface area (Å²) in [6.07, 6.45) is 5.74. The van der Waals surface area contributed by atoms with E-state index in [0.717, 1.165) is 0 Å². The van der Waals surface area contributed by atoms with Gasteiger partial charge in [-0.15, -0.1) is 0 Å². The van der Waals surface area contributed by atoms with Crippen LogP contribution in [0.5, 0.6) is 5.75 Å². The topological polar surface area (TPSA) is 101 Å². The highest BCUT2D eigenvalue weighted by Crippen LogP contribution is 2.28. The number of hydrogen-bond donors (Lipinski definition) is 1. The first-order chi connectivity index (χ1) is 12.0. The monoisotopic (exact) mass is 362 g/mol. The van der Waals surface area contributed by atoms with Crippen LogP contribution in [0.4, 0.5) is 0 Å². The Morgan fingerprint density at radius 2 is 1.96 bits per heavy atom. The zero-order valence-electron chi connectivity index (χ0n) is 13.6. The standard InChI is InChI=1S/C16H18N4O4S/c1-17-16(21)15-8-13(24-12-4-2-6-18-9-12)11-20(15)25(22,23)14-5-3-7-19-10-14/h2-7,9-10,13,15H,8,11H2,1H3,(H,17,21)/t13-,15-/m0/s1. The van der Waals surface area contributed by atoms with Gasteiger partial charge in [0.2, 0.25) is 15.9 Å². The molecule has 2 aromatic rings. The molecule has 8 nitrogen and oxygen atoms in total. The molecule has 9 heteroatoms. The number of sulfonamides is 1. The van der Waals surface area contributed by atoms with Crippen LogP contribution in [0, 0.1) is 0 Å². The van der Waals surface area contributed by atoms with Gasteiger partial charge >= 0.3 is 0 Å². The first kappa shape index (κ1) is 17.3. The van der Waals surface area contributed by atoms with E-state index in [-0.39, 0.29) is 23.8 Å². The second-order valence-corrected chi connectivity index (χ2v) is 7.45. The Hall–Kier alpha value is -2.52. The highest BCUT2D eigenvalue weighted by Gasteiger charge is 2.44. The number of hydrogen-bond acceptors (Lipinski definition) is 6. The van der Waals surface area contributed by atoms with E-state index in [9.17, 15) is 13.2 Å². The molecular formula is C16H18N4O4S. The first-order valence-electron chi connectivity index (χ1n) is 7.72. The second kappa shape index (κ2) is 7.16. The van der Waals surface area contributed by atoms with Gasteiger partial charge in [0.1, 0.15) is 22.8 Å². The Kier molecular flexibility index (Phi) is 4.95. The average Bonchev–Trinajstić information content (AvgIpc) is 3.07. The van der Waals surface area contributed by atoms with Crippen molar-refractivity contribution in [3.63, 3.8) is 0 Å². The van der Waals surface area contributed by atoms with E-state index in [1.165, 1.54) is 29.8 Å². The number of rotatable bonds is 5. The fraction of sp³-hybridized carbons (Fsp3) is 0.312. The summed E-state index contributed by atoms with van der Waals surface area (Å²) in [4.78, 5) is 20.1. The van der Waals surface area contributed by atoms with Crippen LogP contribution in [0.2, 0.25) is 0 Å². The number of carbonyl (C=O) groups excluding carboxylic acids is 1. The number of nitrogens with one attached hydrogen (secondary N) is 1. The number of aromatic nitrogens is 2. The fourth-order valence-electron chi connectivity index (χ4n) is 2.77. The van der Waals surface area contributed by atoms with E-state index < -0.39 is 22.2 Å². The predicted octanol–water partition coefficient (Wildman–Crippen LogP) is 0.433. The maximum absolute atomic E-state index is 12.9. The predicted molar refractivity (Wildman–Crippen MR) is 89.3 cm³/mol. The van der Waals surface area contributed by atoms with E-state index in [4.69, 9.17) is 4.74 Å². The fourth-order valence-corrected chi connectivity index (χ4v) is 4.36. The van der Waals surface area contributed by atoms with Gasteiger partial charge in [0.15, 0.2) is 0 Å². The Labute approximate surface area is 145 Å². The Balaban J connectivity index is 1.87. The van der Waals surface area contributed by atoms with Crippen LogP contribution in [-0.2, 0) is 14.8 Å². The van der Waals surface area contributed by atoms with Crippen molar-refractivity contribution in [1.82, 2.24) is 19.6 Å². The lowest BCUT2D eigenvalue weighted by atomic mass is 10.2. The highest BCUT2D eigenvalue weighted by molar-refractivity contribution is 7.89. The minimum Gasteiger partial charge on any atom is -0.487 e. The molecule has 0 aromatic carbocycles. The second-order valence-electron chi connectivity index (χ2n) is 5.56. The molecule has 0 unspecified atom stereocenters. The molecule has 1 amide bonds. The molecule has 1 aliphatic rings. The molecule has 0 spiro atoms. The Morgan fingerprint density at radius 1 is 1.24 bits per heavy atom. The van der Waals surface area contributed by atoms with E-state index in [1.807, 2.05) is 0 Å². The molecule has 0 saturated carbocycles. The number of likely N-dealkylation sites (N-methyl/N-ethyl adjacent to an activating group) is 1. The lowest BCUT2D eigenvalue weighted by Gasteiger charge is -2.22. The van der Waals surface area contributed by atoms with Crippen molar-refractivity contribution in [1.29, 1.82) is 0 Å². The van der Waals surface area contributed by atoms with Crippen molar-refractivity contribution in [2.75, 3.05) is 13.6 Å². The first-order valence-corrected chi connectivity index (χ1v) is 9.16. The van der Waals surface area contributed by atoms with Gasteiger partial charge in [-0.1, -0.05) is 0 Å². The van der Waals surface area contributed by atoms with Crippen LogP contribution in [-0.4, -0.2) is 54.3 Å². The van der Waals surface area contributed by atoms with Crippen molar-refractivity contribution in [3.8, 4) is 5.75 Å². The maximum atomic E-state index is 12.9. The van der Waals surface area contributed by atoms with Crippen LogP contribution in [0.1, 0.15) is 6.42 Å². The summed E-state index contributed by atoms with van der Waals surface area (Å²) in [7, 11) is -2.38. The average molecular weight is 362 g/mol. The molecule has 3 rings (SSSR count). The summed E-state index contributed by atoms with van der Waals surface area (Å²) in [6.45, 7) is 0.0736. The van der Waals surface area contributed by atoms with Gasteiger partial charge in [-0.2, -0.15) is 4.31 Å². The maximum Gasteiger partial charge on any atom is 0.245 e. The summed E-state index contributed by atoms with van der Waals surface area (Å²) in [5.41, 5.74) is 0. The van der Waals surface area contributed by atoms with Crippen molar-refractivity contribution < 1.29 is 17.9 Å². The minimum atomic E-state index is -3.85. The third-order valence-corrected chi connectivity index (χ3v) is 5.80. The molecular weight excluding hydrogens is 344 g/mol. The van der Waals surface area contributed by atoms with Gasteiger partial charge in [-0.05, 0) is 24.3 Å².